The van der Waals surface area contributed by atoms with Crippen molar-refractivity contribution in [1.29, 1.82) is 0 Å². The third-order valence-corrected chi connectivity index (χ3v) is 4.97. The summed E-state index contributed by atoms with van der Waals surface area (Å²) in [6.45, 7) is 0. The maximum atomic E-state index is 13.0. The summed E-state index contributed by atoms with van der Waals surface area (Å²) in [6.07, 6.45) is 1.07. The summed E-state index contributed by atoms with van der Waals surface area (Å²) in [5.74, 6) is 0.239. The van der Waals surface area contributed by atoms with E-state index in [2.05, 4.69) is 20.6 Å². The molecule has 0 aliphatic carbocycles. The van der Waals surface area contributed by atoms with Crippen LogP contribution in [0.15, 0.2) is 76.3 Å². The average Bonchev–Trinajstić information content (AvgIpc) is 3.37. The second-order valence-corrected chi connectivity index (χ2v) is 6.94. The van der Waals surface area contributed by atoms with Gasteiger partial charge >= 0.3 is 6.01 Å². The van der Waals surface area contributed by atoms with Crippen LogP contribution in [0, 0.1) is 0 Å². The van der Waals surface area contributed by atoms with Gasteiger partial charge in [-0.05, 0) is 11.6 Å². The summed E-state index contributed by atoms with van der Waals surface area (Å²) in [7, 11) is 1.79. The lowest BCUT2D eigenvalue weighted by molar-refractivity contribution is -0.119. The molecule has 4 aromatic rings. The van der Waals surface area contributed by atoms with Crippen molar-refractivity contribution in [2.45, 2.75) is 12.6 Å². The van der Waals surface area contributed by atoms with Crippen LogP contribution >= 0.6 is 0 Å². The highest BCUT2D eigenvalue weighted by Gasteiger charge is 2.27. The van der Waals surface area contributed by atoms with Gasteiger partial charge in [0, 0.05) is 30.8 Å². The first-order chi connectivity index (χ1) is 14.7. The molecule has 0 unspecified atom stereocenters. The molecule has 148 valence electrons. The minimum absolute atomic E-state index is 0.0753. The van der Waals surface area contributed by atoms with Crippen molar-refractivity contribution < 1.29 is 9.21 Å². The van der Waals surface area contributed by atoms with Gasteiger partial charge in [0.15, 0.2) is 11.9 Å². The molecule has 8 nitrogen and oxygen atoms in total. The first-order valence-corrected chi connectivity index (χ1v) is 9.51. The number of fused-ring (bicyclic) bond motifs is 1. The van der Waals surface area contributed by atoms with Crippen LogP contribution in [0.5, 0.6) is 0 Å². The van der Waals surface area contributed by atoms with Gasteiger partial charge < -0.3 is 9.73 Å². The molecule has 0 spiro atoms. The molecule has 2 aromatic carbocycles. The largest absolute Gasteiger partial charge is 0.402 e. The summed E-state index contributed by atoms with van der Waals surface area (Å²) in [5.41, 5.74) is 4.26. The molecule has 1 aliphatic rings. The highest BCUT2D eigenvalue weighted by atomic mass is 16.4. The monoisotopic (exact) mass is 398 g/mol. The van der Waals surface area contributed by atoms with Gasteiger partial charge in [-0.15, -0.1) is 5.10 Å². The summed E-state index contributed by atoms with van der Waals surface area (Å²) in [6, 6.07) is 19.6. The lowest BCUT2D eigenvalue weighted by Gasteiger charge is -2.11. The quantitative estimate of drug-likeness (QED) is 0.568. The highest BCUT2D eigenvalue weighted by Crippen LogP contribution is 2.24. The molecule has 0 bridgehead atoms. The third-order valence-electron chi connectivity index (χ3n) is 4.97. The number of hydrogen-bond donors (Lipinski definition) is 1. The van der Waals surface area contributed by atoms with Crippen LogP contribution in [-0.4, -0.2) is 37.6 Å². The van der Waals surface area contributed by atoms with E-state index in [4.69, 9.17) is 9.41 Å². The molecular formula is C22H18N6O2. The zero-order valence-electron chi connectivity index (χ0n) is 16.2. The van der Waals surface area contributed by atoms with Gasteiger partial charge in [-0.3, -0.25) is 14.5 Å². The number of hydrogen-bond acceptors (Lipinski definition) is 7. The lowest BCUT2D eigenvalue weighted by atomic mass is 9.96. The van der Waals surface area contributed by atoms with Gasteiger partial charge in [-0.25, -0.2) is 0 Å². The van der Waals surface area contributed by atoms with Gasteiger partial charge in [-0.1, -0.05) is 59.7 Å². The topological polar surface area (TPSA) is 98.2 Å². The van der Waals surface area contributed by atoms with Crippen molar-refractivity contribution in [3.63, 3.8) is 0 Å². The van der Waals surface area contributed by atoms with Crippen LogP contribution in [0.4, 0.5) is 6.01 Å². The van der Waals surface area contributed by atoms with E-state index in [1.165, 1.54) is 0 Å². The van der Waals surface area contributed by atoms with E-state index < -0.39 is 6.17 Å². The number of carbonyl (C=O) groups excluding carboxylic acids is 1. The van der Waals surface area contributed by atoms with Crippen molar-refractivity contribution in [3.05, 3.63) is 83.6 Å². The fourth-order valence-electron chi connectivity index (χ4n) is 3.49. The van der Waals surface area contributed by atoms with Crippen molar-refractivity contribution in [3.8, 4) is 11.6 Å². The van der Waals surface area contributed by atoms with Crippen molar-refractivity contribution in [1.82, 2.24) is 20.0 Å². The van der Waals surface area contributed by atoms with E-state index >= 15 is 0 Å². The van der Waals surface area contributed by atoms with E-state index in [1.807, 2.05) is 54.6 Å². The summed E-state index contributed by atoms with van der Waals surface area (Å²) >= 11 is 0. The van der Waals surface area contributed by atoms with Crippen LogP contribution in [0.1, 0.15) is 16.7 Å². The van der Waals surface area contributed by atoms with Crippen LogP contribution in [0.2, 0.25) is 0 Å². The molecule has 2 aromatic heterocycles. The van der Waals surface area contributed by atoms with Crippen LogP contribution in [0.3, 0.4) is 0 Å². The molecule has 0 radical (unpaired) electrons. The highest BCUT2D eigenvalue weighted by molar-refractivity contribution is 6.16. The Morgan fingerprint density at radius 1 is 1.03 bits per heavy atom. The first-order valence-electron chi connectivity index (χ1n) is 9.51. The third kappa shape index (κ3) is 3.28. The van der Waals surface area contributed by atoms with Crippen molar-refractivity contribution >= 4 is 17.5 Å². The summed E-state index contributed by atoms with van der Waals surface area (Å²) < 4.78 is 7.34. The second-order valence-electron chi connectivity index (χ2n) is 6.94. The number of aryl methyl sites for hydroxylation is 1. The smallest absolute Gasteiger partial charge is 0.317 e. The van der Waals surface area contributed by atoms with E-state index in [0.29, 0.717) is 11.6 Å². The molecule has 30 heavy (non-hydrogen) atoms. The van der Waals surface area contributed by atoms with E-state index in [9.17, 15) is 4.79 Å². The van der Waals surface area contributed by atoms with Gasteiger partial charge in [0.25, 0.3) is 5.89 Å². The van der Waals surface area contributed by atoms with Gasteiger partial charge in [0.2, 0.25) is 0 Å². The minimum atomic E-state index is -0.840. The zero-order chi connectivity index (χ0) is 20.5. The number of Topliss-reactive ketones (excluding diaryl/α,β-unsaturated/α-hetero) is 1. The number of carbonyl (C=O) groups is 1. The molecule has 1 aliphatic heterocycles. The molecule has 1 atom stereocenters. The molecule has 5 rings (SSSR count). The second kappa shape index (κ2) is 7.40. The molecule has 3 heterocycles. The molecule has 8 heteroatoms. The Morgan fingerprint density at radius 3 is 2.63 bits per heavy atom. The number of nitrogens with one attached hydrogen (secondary N) is 1. The number of nitrogens with zero attached hydrogens (tertiary/aromatic N) is 5. The lowest BCUT2D eigenvalue weighted by Crippen LogP contribution is -2.29. The maximum absolute atomic E-state index is 13.0. The van der Waals surface area contributed by atoms with Crippen molar-refractivity contribution in [2.75, 3.05) is 5.32 Å². The predicted octanol–water partition coefficient (Wildman–Crippen LogP) is 2.87. The number of ketones is 1. The zero-order valence-corrected chi connectivity index (χ0v) is 16.2. The van der Waals surface area contributed by atoms with Gasteiger partial charge in [-0.2, -0.15) is 5.10 Å². The number of benzene rings is 2. The Morgan fingerprint density at radius 2 is 1.83 bits per heavy atom. The van der Waals surface area contributed by atoms with Crippen LogP contribution < -0.4 is 5.32 Å². The van der Waals surface area contributed by atoms with Gasteiger partial charge in [0.1, 0.15) is 5.69 Å². The number of rotatable bonds is 4. The van der Waals surface area contributed by atoms with Crippen LogP contribution in [-0.2, 0) is 18.3 Å². The Hall–Kier alpha value is -4.07. The number of anilines is 1. The first kappa shape index (κ1) is 18.0. The maximum Gasteiger partial charge on any atom is 0.317 e. The van der Waals surface area contributed by atoms with E-state index in [0.717, 1.165) is 22.4 Å². The Labute approximate surface area is 172 Å². The average molecular weight is 398 g/mol. The summed E-state index contributed by atoms with van der Waals surface area (Å²) in [5, 5.41) is 15.2. The molecule has 1 N–H and O–H groups in total. The minimum Gasteiger partial charge on any atom is -0.402 e. The predicted molar refractivity (Wildman–Crippen MR) is 111 cm³/mol. The fraction of sp³-hybridized carbons (Fsp3) is 0.136. The van der Waals surface area contributed by atoms with E-state index in [-0.39, 0.29) is 18.2 Å². The number of aromatic nitrogens is 4. The molecule has 0 fully saturated rings. The van der Waals surface area contributed by atoms with Crippen LogP contribution in [0.25, 0.3) is 11.6 Å². The Kier molecular flexibility index (Phi) is 4.44. The SMILES string of the molecule is Cn1nccc1-c1nnc(N[C@H]2N=C(c3ccccc3)c3ccccc3CC2=O)o1. The normalized spacial score (nSPS) is 16.0. The number of aliphatic imine (C=N–C) groups is 1. The standard InChI is InChI=1S/C22H18N6O2/c1-28-17(11-12-23-28)21-26-27-22(30-21)25-20-18(29)13-15-9-5-6-10-16(15)19(24-20)14-7-3-2-4-8-14/h2-12,20H,13H2,1H3,(H,25,27)/t20-/m1/s1. The summed E-state index contributed by atoms with van der Waals surface area (Å²) in [4.78, 5) is 17.7. The van der Waals surface area contributed by atoms with E-state index in [1.54, 1.807) is 24.0 Å². The molecule has 0 amide bonds. The molecule has 0 saturated carbocycles. The fourth-order valence-corrected chi connectivity index (χ4v) is 3.49. The van der Waals surface area contributed by atoms with Crippen molar-refractivity contribution in [2.24, 2.45) is 12.0 Å². The Bertz CT molecular complexity index is 1240. The van der Waals surface area contributed by atoms with Gasteiger partial charge in [0.05, 0.1) is 5.71 Å². The Balaban J connectivity index is 1.52. The molecular weight excluding hydrogens is 380 g/mol. The molecule has 0 saturated heterocycles.